The largest absolute Gasteiger partial charge is 0.508 e. The van der Waals surface area contributed by atoms with Crippen molar-refractivity contribution >= 4 is 17.9 Å². The van der Waals surface area contributed by atoms with Crippen molar-refractivity contribution in [3.63, 3.8) is 0 Å². The molecule has 0 aromatic heterocycles. The lowest BCUT2D eigenvalue weighted by molar-refractivity contribution is -0.137. The van der Waals surface area contributed by atoms with Crippen molar-refractivity contribution in [3.8, 4) is 17.2 Å². The van der Waals surface area contributed by atoms with Gasteiger partial charge in [-0.15, -0.1) is 0 Å². The zero-order valence-electron chi connectivity index (χ0n) is 21.0. The Hall–Kier alpha value is -4.59. The molecule has 0 amide bonds. The standard InChI is InChI=1S/C30H30O8/c1-2-28(32)36-20-6-4-3-5-19-35-26-17-11-23(12-18-26)29(33)37-21-22-7-15-27(16-8-22)38-30(34)24-9-13-25(31)14-10-24/h2,7-18,31H,1,3-6,19-21H2. The molecule has 0 fully saturated rings. The van der Waals surface area contributed by atoms with Gasteiger partial charge in [-0.25, -0.2) is 14.4 Å². The molecule has 3 rings (SSSR count). The molecule has 0 aliphatic heterocycles. The molecule has 0 radical (unpaired) electrons. The van der Waals surface area contributed by atoms with Gasteiger partial charge < -0.3 is 24.1 Å². The lowest BCUT2D eigenvalue weighted by atomic mass is 10.2. The van der Waals surface area contributed by atoms with E-state index in [-0.39, 0.29) is 12.4 Å². The van der Waals surface area contributed by atoms with E-state index >= 15 is 0 Å². The zero-order valence-corrected chi connectivity index (χ0v) is 21.0. The van der Waals surface area contributed by atoms with E-state index in [4.69, 9.17) is 18.9 Å². The first-order valence-electron chi connectivity index (χ1n) is 12.2. The van der Waals surface area contributed by atoms with Crippen molar-refractivity contribution in [3.05, 3.63) is 102 Å². The van der Waals surface area contributed by atoms with Gasteiger partial charge >= 0.3 is 17.9 Å². The summed E-state index contributed by atoms with van der Waals surface area (Å²) in [6.45, 7) is 4.36. The van der Waals surface area contributed by atoms with Gasteiger partial charge in [-0.1, -0.05) is 18.7 Å². The van der Waals surface area contributed by atoms with Crippen LogP contribution in [0.25, 0.3) is 0 Å². The highest BCUT2D eigenvalue weighted by Gasteiger charge is 2.10. The molecule has 8 nitrogen and oxygen atoms in total. The third-order valence-corrected chi connectivity index (χ3v) is 5.42. The van der Waals surface area contributed by atoms with E-state index in [2.05, 4.69) is 6.58 Å². The molecule has 0 heterocycles. The molecule has 3 aromatic rings. The van der Waals surface area contributed by atoms with E-state index in [1.807, 2.05) is 0 Å². The van der Waals surface area contributed by atoms with Crippen LogP contribution < -0.4 is 9.47 Å². The minimum atomic E-state index is -0.541. The Morgan fingerprint density at radius 1 is 0.684 bits per heavy atom. The second-order valence-corrected chi connectivity index (χ2v) is 8.32. The maximum absolute atomic E-state index is 12.4. The third-order valence-electron chi connectivity index (χ3n) is 5.42. The number of carbonyl (C=O) groups excluding carboxylic acids is 3. The summed E-state index contributed by atoms with van der Waals surface area (Å²) in [6.07, 6.45) is 4.72. The van der Waals surface area contributed by atoms with E-state index in [0.29, 0.717) is 35.8 Å². The van der Waals surface area contributed by atoms with Crippen molar-refractivity contribution in [2.45, 2.75) is 32.3 Å². The van der Waals surface area contributed by atoms with Gasteiger partial charge in [0.15, 0.2) is 0 Å². The van der Waals surface area contributed by atoms with Gasteiger partial charge in [-0.2, -0.15) is 0 Å². The first kappa shape index (κ1) is 28.0. The zero-order chi connectivity index (χ0) is 27.2. The van der Waals surface area contributed by atoms with E-state index in [0.717, 1.165) is 37.3 Å². The van der Waals surface area contributed by atoms with E-state index in [1.54, 1.807) is 48.5 Å². The number of esters is 3. The van der Waals surface area contributed by atoms with Crippen molar-refractivity contribution in [1.82, 2.24) is 0 Å². The molecular weight excluding hydrogens is 488 g/mol. The normalized spacial score (nSPS) is 10.3. The monoisotopic (exact) mass is 518 g/mol. The predicted octanol–water partition coefficient (Wildman–Crippen LogP) is 5.64. The van der Waals surface area contributed by atoms with Crippen LogP contribution in [0.2, 0.25) is 0 Å². The van der Waals surface area contributed by atoms with Crippen molar-refractivity contribution in [2.24, 2.45) is 0 Å². The maximum Gasteiger partial charge on any atom is 0.343 e. The van der Waals surface area contributed by atoms with Crippen LogP contribution in [0.15, 0.2) is 85.5 Å². The molecule has 1 N–H and O–H groups in total. The van der Waals surface area contributed by atoms with Crippen molar-refractivity contribution in [1.29, 1.82) is 0 Å². The molecule has 8 heteroatoms. The number of carbonyl (C=O) groups is 3. The minimum Gasteiger partial charge on any atom is -0.508 e. The molecular formula is C30H30O8. The van der Waals surface area contributed by atoms with Gasteiger partial charge in [0.05, 0.1) is 24.3 Å². The highest BCUT2D eigenvalue weighted by atomic mass is 16.5. The molecule has 0 aliphatic carbocycles. The first-order chi connectivity index (χ1) is 18.4. The van der Waals surface area contributed by atoms with Gasteiger partial charge in [0.1, 0.15) is 23.9 Å². The fourth-order valence-electron chi connectivity index (χ4n) is 3.32. The lowest BCUT2D eigenvalue weighted by Gasteiger charge is -2.09. The van der Waals surface area contributed by atoms with Gasteiger partial charge in [0.25, 0.3) is 0 Å². The Kier molecular flexibility index (Phi) is 10.9. The number of rotatable bonds is 14. The van der Waals surface area contributed by atoms with Crippen LogP contribution in [0.1, 0.15) is 52.0 Å². The summed E-state index contributed by atoms with van der Waals surface area (Å²) in [5.41, 5.74) is 1.46. The molecule has 0 saturated carbocycles. The number of unbranched alkanes of at least 4 members (excludes halogenated alkanes) is 3. The number of phenolic OH excluding ortho intramolecular Hbond substituents is 1. The van der Waals surface area contributed by atoms with Crippen molar-refractivity contribution in [2.75, 3.05) is 13.2 Å². The SMILES string of the molecule is C=CC(=O)OCCCCCCOc1ccc(C(=O)OCc2ccc(OC(=O)c3ccc(O)cc3)cc2)cc1. The van der Waals surface area contributed by atoms with Crippen LogP contribution in [0.5, 0.6) is 17.2 Å². The van der Waals surface area contributed by atoms with Crippen LogP contribution >= 0.6 is 0 Å². The van der Waals surface area contributed by atoms with Gasteiger partial charge in [-0.05, 0) is 91.9 Å². The highest BCUT2D eigenvalue weighted by Crippen LogP contribution is 2.18. The van der Waals surface area contributed by atoms with Crippen LogP contribution in [0.3, 0.4) is 0 Å². The van der Waals surface area contributed by atoms with Crippen LogP contribution in [-0.2, 0) is 20.9 Å². The number of hydrogen-bond acceptors (Lipinski definition) is 8. The highest BCUT2D eigenvalue weighted by molar-refractivity contribution is 5.91. The lowest BCUT2D eigenvalue weighted by Crippen LogP contribution is -2.08. The van der Waals surface area contributed by atoms with E-state index in [1.165, 1.54) is 24.3 Å². The summed E-state index contributed by atoms with van der Waals surface area (Å²) >= 11 is 0. The Labute approximate surface area is 221 Å². The maximum atomic E-state index is 12.4. The Morgan fingerprint density at radius 3 is 1.92 bits per heavy atom. The molecule has 0 atom stereocenters. The molecule has 3 aromatic carbocycles. The predicted molar refractivity (Wildman–Crippen MR) is 140 cm³/mol. The summed E-state index contributed by atoms with van der Waals surface area (Å²) < 4.78 is 21.3. The topological polar surface area (TPSA) is 108 Å². The summed E-state index contributed by atoms with van der Waals surface area (Å²) in [7, 11) is 0. The summed E-state index contributed by atoms with van der Waals surface area (Å²) in [6, 6.07) is 19.2. The van der Waals surface area contributed by atoms with Gasteiger partial charge in [0.2, 0.25) is 0 Å². The molecule has 0 spiro atoms. The summed E-state index contributed by atoms with van der Waals surface area (Å²) in [5, 5.41) is 9.31. The quantitative estimate of drug-likeness (QED) is 0.126. The average molecular weight is 519 g/mol. The second-order valence-electron chi connectivity index (χ2n) is 8.32. The molecule has 0 saturated heterocycles. The van der Waals surface area contributed by atoms with Gasteiger partial charge in [0, 0.05) is 6.08 Å². The Balaban J connectivity index is 1.34. The summed E-state index contributed by atoms with van der Waals surface area (Å²) in [4.78, 5) is 35.5. The number of aromatic hydroxyl groups is 1. The summed E-state index contributed by atoms with van der Waals surface area (Å²) in [5.74, 6) is -0.323. The minimum absolute atomic E-state index is 0.0649. The Bertz CT molecular complexity index is 1200. The number of hydrogen-bond donors (Lipinski definition) is 1. The van der Waals surface area contributed by atoms with Crippen LogP contribution in [0, 0.1) is 0 Å². The third kappa shape index (κ3) is 9.46. The second kappa shape index (κ2) is 14.8. The molecule has 0 aliphatic rings. The number of ether oxygens (including phenoxy) is 4. The van der Waals surface area contributed by atoms with Crippen LogP contribution in [0.4, 0.5) is 0 Å². The van der Waals surface area contributed by atoms with E-state index < -0.39 is 17.9 Å². The molecule has 0 bridgehead atoms. The smallest absolute Gasteiger partial charge is 0.343 e. The fraction of sp³-hybridized carbons (Fsp3) is 0.233. The van der Waals surface area contributed by atoms with E-state index in [9.17, 15) is 19.5 Å². The fourth-order valence-corrected chi connectivity index (χ4v) is 3.32. The van der Waals surface area contributed by atoms with Gasteiger partial charge in [-0.3, -0.25) is 0 Å². The first-order valence-corrected chi connectivity index (χ1v) is 12.2. The van der Waals surface area contributed by atoms with Crippen molar-refractivity contribution < 1.29 is 38.4 Å². The number of phenols is 1. The number of benzene rings is 3. The molecule has 198 valence electrons. The average Bonchev–Trinajstić information content (AvgIpc) is 2.94. The van der Waals surface area contributed by atoms with Crippen LogP contribution in [-0.4, -0.2) is 36.2 Å². The Morgan fingerprint density at radius 2 is 1.26 bits per heavy atom. The molecule has 38 heavy (non-hydrogen) atoms. The molecule has 0 unspecified atom stereocenters.